The second kappa shape index (κ2) is 16.7. The van der Waals surface area contributed by atoms with Crippen LogP contribution in [0.1, 0.15) is 4.28 Å². The predicted molar refractivity (Wildman–Crippen MR) is 39.2 cm³/mol. The summed E-state index contributed by atoms with van der Waals surface area (Å²) in [5, 5.41) is 16.4. The van der Waals surface area contributed by atoms with Gasteiger partial charge in [-0.3, -0.25) is 9.05 Å². The summed E-state index contributed by atoms with van der Waals surface area (Å²) in [7, 11) is -4.05. The molecule has 0 rings (SSSR count). The number of phosphoric acid groups is 1. The van der Waals surface area contributed by atoms with E-state index in [1.54, 1.807) is 0 Å². The average molecular weight is 274 g/mol. The summed E-state index contributed by atoms with van der Waals surface area (Å²) in [4.78, 5) is 8.67. The molecule has 74 valence electrons. The van der Waals surface area contributed by atoms with Crippen LogP contribution in [0.25, 0.3) is 0 Å². The molecule has 0 aromatic carbocycles. The summed E-state index contributed by atoms with van der Waals surface area (Å²) in [6.45, 7) is -1.24. The topological polar surface area (TPSA) is 96.2 Å². The molecule has 14 heavy (non-hydrogen) atoms. The first kappa shape index (κ1) is 26.3. The maximum Gasteiger partial charge on any atom is 1.00 e. The van der Waals surface area contributed by atoms with E-state index < -0.39 is 7.82 Å². The van der Waals surface area contributed by atoms with Gasteiger partial charge in [0, 0.05) is 0 Å². The van der Waals surface area contributed by atoms with E-state index >= 15 is 0 Å². The normalized spacial score (nSPS) is 9.36. The molecule has 0 heterocycles. The Morgan fingerprint density at radius 3 is 1.57 bits per heavy atom. The molecule has 0 spiro atoms. The van der Waals surface area contributed by atoms with Crippen LogP contribution in [0.4, 0.5) is 0 Å². The third-order valence-electron chi connectivity index (χ3n) is 0.691. The van der Waals surface area contributed by atoms with Crippen LogP contribution in [0.2, 0.25) is 0 Å². The van der Waals surface area contributed by atoms with Crippen LogP contribution in [0.3, 0.4) is 0 Å². The van der Waals surface area contributed by atoms with Crippen LogP contribution in [-0.4, -0.2) is 41.5 Å². The third-order valence-corrected chi connectivity index (χ3v) is 1.71. The van der Waals surface area contributed by atoms with Gasteiger partial charge in [0.25, 0.3) is 0 Å². The van der Waals surface area contributed by atoms with Crippen molar-refractivity contribution in [3.8, 4) is 0 Å². The van der Waals surface area contributed by atoms with Crippen LogP contribution in [0.15, 0.2) is 0 Å². The van der Waals surface area contributed by atoms with Crippen LogP contribution in [0, 0.1) is 0 Å². The smallest absolute Gasteiger partial charge is 1.00 e. The summed E-state index contributed by atoms with van der Waals surface area (Å²) in [5.41, 5.74) is 0. The number of rotatable bonds is 6. The van der Waals surface area contributed by atoms with Crippen molar-refractivity contribution in [1.82, 2.24) is 0 Å². The van der Waals surface area contributed by atoms with E-state index in [-0.39, 0.29) is 141 Å². The number of aliphatic hydroxyl groups is 2. The zero-order chi connectivity index (χ0) is 8.74. The number of aliphatic hydroxyl groups excluding tert-OH is 2. The number of hydrogen-bond acceptors (Lipinski definition) is 5. The first-order valence-corrected chi connectivity index (χ1v) is 4.45. The zero-order valence-corrected chi connectivity index (χ0v) is 16.9. The third kappa shape index (κ3) is 18.0. The Bertz CT molecular complexity index is 149. The maximum atomic E-state index is 10.6. The quantitative estimate of drug-likeness (QED) is 0.329. The van der Waals surface area contributed by atoms with Gasteiger partial charge in [0.2, 0.25) is 0 Å². The van der Waals surface area contributed by atoms with Crippen LogP contribution < -0.4 is 110 Å². The fourth-order valence-corrected chi connectivity index (χ4v) is 1.05. The summed E-state index contributed by atoms with van der Waals surface area (Å²) >= 11 is 0. The largest absolute Gasteiger partial charge is 1.00 e. The van der Waals surface area contributed by atoms with Gasteiger partial charge in [0.15, 0.2) is 0 Å². The van der Waals surface area contributed by atoms with Gasteiger partial charge in [-0.2, -0.15) is 0 Å². The number of phosphoric ester groups is 1. The summed E-state index contributed by atoms with van der Waals surface area (Å²) in [6.07, 6.45) is 0. The van der Waals surface area contributed by atoms with E-state index in [1.807, 2.05) is 0 Å². The van der Waals surface area contributed by atoms with Gasteiger partial charge in [0.05, 0.1) is 26.4 Å². The zero-order valence-electron chi connectivity index (χ0n) is 11.8. The monoisotopic (exact) mass is 274 g/mol. The van der Waals surface area contributed by atoms with E-state index in [0.29, 0.717) is 0 Å². The maximum absolute atomic E-state index is 10.6. The Hall–Kier alpha value is 3.67. The molecule has 0 aliphatic carbocycles. The molecule has 0 saturated heterocycles. The number of hydrogen-bond donors (Lipinski definition) is 3. The second-order valence-corrected chi connectivity index (χ2v) is 3.04. The van der Waals surface area contributed by atoms with Gasteiger partial charge in [0.1, 0.15) is 0 Å². The minimum atomic E-state index is -4.05. The molecule has 0 amide bonds. The van der Waals surface area contributed by atoms with Gasteiger partial charge in [-0.1, -0.05) is 0 Å². The van der Waals surface area contributed by atoms with Crippen molar-refractivity contribution in [1.29, 1.82) is 0 Å². The summed E-state index contributed by atoms with van der Waals surface area (Å²) in [5.74, 6) is 0. The van der Waals surface area contributed by atoms with Crippen LogP contribution >= 0.6 is 7.82 Å². The Balaban J connectivity index is -0.0000000333. The molecule has 0 aromatic heterocycles. The van der Waals surface area contributed by atoms with Gasteiger partial charge < -0.3 is 19.4 Å². The predicted octanol–water partition coefficient (Wildman–Crippen LogP) is -9.55. The van der Waals surface area contributed by atoms with Crippen molar-refractivity contribution in [2.45, 2.75) is 0 Å². The first-order chi connectivity index (χ1) is 5.12. The van der Waals surface area contributed by atoms with Crippen molar-refractivity contribution >= 4 is 7.82 Å². The Kier molecular flexibility index (Phi) is 31.3. The molecule has 10 heteroatoms. The second-order valence-electron chi connectivity index (χ2n) is 1.58. The Labute approximate surface area is 174 Å². The fourth-order valence-electron chi connectivity index (χ4n) is 0.350. The SMILES string of the molecule is O=P(O)(OCCO)OCCO.[H-].[H-].[H-].[K+].[Na+].[Na+]. The molecule has 0 bridgehead atoms. The van der Waals surface area contributed by atoms with E-state index in [4.69, 9.17) is 15.1 Å². The molecule has 6 nitrogen and oxygen atoms in total. The average Bonchev–Trinajstić information content (AvgIpc) is 1.97. The molecule has 0 fully saturated rings. The van der Waals surface area contributed by atoms with Gasteiger partial charge in [-0.05, 0) is 0 Å². The van der Waals surface area contributed by atoms with Gasteiger partial charge in [-0.25, -0.2) is 4.57 Å². The van der Waals surface area contributed by atoms with Crippen LogP contribution in [-0.2, 0) is 13.6 Å². The Morgan fingerprint density at radius 2 is 1.36 bits per heavy atom. The van der Waals surface area contributed by atoms with Gasteiger partial charge >= 0.3 is 118 Å². The van der Waals surface area contributed by atoms with Crippen molar-refractivity contribution in [2.24, 2.45) is 0 Å². The standard InChI is InChI=1S/C4H11O6P.K.2Na.3H/c5-1-3-9-11(7,8)10-4-2-6;;;;;;/h5-6H,1-4H2,(H,7,8);;;;;;/q;3*+1;3*-1. The molecule has 0 radical (unpaired) electrons. The van der Waals surface area contributed by atoms with Crippen molar-refractivity contribution in [2.75, 3.05) is 26.4 Å². The van der Waals surface area contributed by atoms with E-state index in [9.17, 15) is 4.57 Å². The Morgan fingerprint density at radius 1 is 1.07 bits per heavy atom. The van der Waals surface area contributed by atoms with Crippen LogP contribution in [0.5, 0.6) is 0 Å². The van der Waals surface area contributed by atoms with E-state index in [2.05, 4.69) is 9.05 Å². The summed E-state index contributed by atoms with van der Waals surface area (Å²) in [6, 6.07) is 0. The van der Waals surface area contributed by atoms with E-state index in [1.165, 1.54) is 0 Å². The minimum Gasteiger partial charge on any atom is -1.00 e. The molecule has 0 saturated carbocycles. The van der Waals surface area contributed by atoms with Gasteiger partial charge in [-0.15, -0.1) is 0 Å². The first-order valence-electron chi connectivity index (χ1n) is 2.96. The van der Waals surface area contributed by atoms with Crippen molar-refractivity contribution < 1.29 is 143 Å². The molecule has 0 atom stereocenters. The molecule has 0 unspecified atom stereocenters. The molecule has 0 aliphatic heterocycles. The molecule has 0 aromatic rings. The molecule has 0 aliphatic rings. The molecular formula is C4H14KNa2O6P. The van der Waals surface area contributed by atoms with Crippen molar-refractivity contribution in [3.05, 3.63) is 0 Å². The minimum absolute atomic E-state index is 0. The fraction of sp³-hybridized carbons (Fsp3) is 1.00. The summed E-state index contributed by atoms with van der Waals surface area (Å²) < 4.78 is 19.0. The van der Waals surface area contributed by atoms with E-state index in [0.717, 1.165) is 0 Å². The molecular weight excluding hydrogens is 260 g/mol. The van der Waals surface area contributed by atoms with Crippen molar-refractivity contribution in [3.63, 3.8) is 0 Å². The molecule has 3 N–H and O–H groups in total.